The number of pyridine rings is 1. The summed E-state index contributed by atoms with van der Waals surface area (Å²) in [5, 5.41) is 15.1. The van der Waals surface area contributed by atoms with E-state index in [4.69, 9.17) is 11.6 Å². The number of aromatic amines is 2. The Balaban J connectivity index is 1.99. The second kappa shape index (κ2) is 5.07. The van der Waals surface area contributed by atoms with Gasteiger partial charge in [-0.3, -0.25) is 4.79 Å². The smallest absolute Gasteiger partial charge is 0.272 e. The van der Waals surface area contributed by atoms with Crippen LogP contribution in [-0.2, 0) is 0 Å². The van der Waals surface area contributed by atoms with E-state index >= 15 is 0 Å². The Morgan fingerprint density at radius 1 is 1.13 bits per heavy atom. The van der Waals surface area contributed by atoms with Crippen molar-refractivity contribution in [2.24, 2.45) is 0 Å². The van der Waals surface area contributed by atoms with Gasteiger partial charge in [-0.1, -0.05) is 17.7 Å². The second-order valence-corrected chi connectivity index (χ2v) is 5.71. The molecule has 2 heterocycles. The highest BCUT2D eigenvalue weighted by atomic mass is 35.5. The van der Waals surface area contributed by atoms with E-state index in [1.807, 2.05) is 12.1 Å². The molecule has 0 amide bonds. The van der Waals surface area contributed by atoms with Crippen LogP contribution >= 0.6 is 11.6 Å². The average molecular weight is 326 g/mol. The molecule has 0 bridgehead atoms. The second-order valence-electron chi connectivity index (χ2n) is 5.27. The molecule has 0 saturated heterocycles. The Morgan fingerprint density at radius 2 is 2.00 bits per heavy atom. The van der Waals surface area contributed by atoms with Gasteiger partial charge in [0.05, 0.1) is 5.69 Å². The number of rotatable bonds is 2. The van der Waals surface area contributed by atoms with Crippen LogP contribution in [0.4, 0.5) is 11.4 Å². The summed E-state index contributed by atoms with van der Waals surface area (Å²) in [6.07, 6.45) is 1.61. The van der Waals surface area contributed by atoms with E-state index in [0.717, 1.165) is 27.7 Å². The van der Waals surface area contributed by atoms with Gasteiger partial charge in [0.15, 0.2) is 0 Å². The van der Waals surface area contributed by atoms with Gasteiger partial charge in [-0.2, -0.15) is 0 Å². The van der Waals surface area contributed by atoms with E-state index in [9.17, 15) is 9.90 Å². The number of fused-ring (bicyclic) bond motifs is 3. The zero-order chi connectivity index (χ0) is 16.0. The molecule has 0 aliphatic carbocycles. The minimum Gasteiger partial charge on any atom is -0.508 e. The highest BCUT2D eigenvalue weighted by Gasteiger charge is 2.13. The molecule has 0 aliphatic rings. The number of anilines is 2. The Hall–Kier alpha value is -2.92. The monoisotopic (exact) mass is 325 g/mol. The number of hydrogen-bond acceptors (Lipinski definition) is 3. The number of hydrogen-bond donors (Lipinski definition) is 4. The first kappa shape index (κ1) is 13.7. The Morgan fingerprint density at radius 3 is 2.83 bits per heavy atom. The third-order valence-corrected chi connectivity index (χ3v) is 3.96. The van der Waals surface area contributed by atoms with Crippen molar-refractivity contribution in [1.29, 1.82) is 0 Å². The predicted octanol–water partition coefficient (Wildman–Crippen LogP) is 4.11. The summed E-state index contributed by atoms with van der Waals surface area (Å²) in [5.41, 5.74) is 2.55. The van der Waals surface area contributed by atoms with E-state index in [-0.39, 0.29) is 11.3 Å². The largest absolute Gasteiger partial charge is 0.508 e. The number of halogens is 1. The van der Waals surface area contributed by atoms with E-state index in [0.29, 0.717) is 10.5 Å². The molecule has 0 unspecified atom stereocenters. The van der Waals surface area contributed by atoms with Gasteiger partial charge < -0.3 is 20.4 Å². The zero-order valence-corrected chi connectivity index (χ0v) is 12.6. The molecule has 0 radical (unpaired) electrons. The molecule has 0 saturated carbocycles. The molecule has 0 atom stereocenters. The van der Waals surface area contributed by atoms with Gasteiger partial charge in [-0.25, -0.2) is 0 Å². The SMILES string of the molecule is O=c1[nH]cc(Nc2cccc(Cl)c2)c2c1[nH]c1ccc(O)cc12. The number of H-pyrrole nitrogens is 2. The zero-order valence-electron chi connectivity index (χ0n) is 11.9. The topological polar surface area (TPSA) is 80.9 Å². The van der Waals surface area contributed by atoms with Crippen molar-refractivity contribution in [3.05, 3.63) is 64.0 Å². The van der Waals surface area contributed by atoms with Crippen LogP contribution in [0.25, 0.3) is 21.8 Å². The molecule has 4 rings (SSSR count). The van der Waals surface area contributed by atoms with Crippen molar-refractivity contribution in [1.82, 2.24) is 9.97 Å². The quantitative estimate of drug-likeness (QED) is 0.447. The van der Waals surface area contributed by atoms with E-state index in [1.165, 1.54) is 0 Å². The Kier molecular flexibility index (Phi) is 3.02. The molecular weight excluding hydrogens is 314 g/mol. The van der Waals surface area contributed by atoms with Gasteiger partial charge in [0, 0.05) is 33.2 Å². The van der Waals surface area contributed by atoms with Crippen LogP contribution in [0.15, 0.2) is 53.5 Å². The van der Waals surface area contributed by atoms with E-state index < -0.39 is 0 Å². The lowest BCUT2D eigenvalue weighted by molar-refractivity contribution is 0.476. The summed E-state index contributed by atoms with van der Waals surface area (Å²) in [5.74, 6) is 0.146. The molecule has 2 aromatic heterocycles. The van der Waals surface area contributed by atoms with Crippen LogP contribution in [-0.4, -0.2) is 15.1 Å². The summed E-state index contributed by atoms with van der Waals surface area (Å²) in [6, 6.07) is 12.3. The number of aromatic nitrogens is 2. The molecule has 6 heteroatoms. The van der Waals surface area contributed by atoms with Crippen molar-refractivity contribution in [3.8, 4) is 5.75 Å². The van der Waals surface area contributed by atoms with Crippen LogP contribution < -0.4 is 10.9 Å². The Labute approximate surface area is 135 Å². The van der Waals surface area contributed by atoms with Gasteiger partial charge >= 0.3 is 0 Å². The van der Waals surface area contributed by atoms with Crippen LogP contribution in [0.5, 0.6) is 5.75 Å². The van der Waals surface area contributed by atoms with Crippen molar-refractivity contribution in [3.63, 3.8) is 0 Å². The van der Waals surface area contributed by atoms with E-state index in [2.05, 4.69) is 15.3 Å². The lowest BCUT2D eigenvalue weighted by Gasteiger charge is -2.08. The number of nitrogens with one attached hydrogen (secondary N) is 3. The predicted molar refractivity (Wildman–Crippen MR) is 92.8 cm³/mol. The van der Waals surface area contributed by atoms with Crippen molar-refractivity contribution in [2.75, 3.05) is 5.32 Å². The fraction of sp³-hybridized carbons (Fsp3) is 0. The molecule has 0 fully saturated rings. The third kappa shape index (κ3) is 2.31. The number of phenolic OH excluding ortho intramolecular Hbond substituents is 1. The summed E-state index contributed by atoms with van der Waals surface area (Å²) >= 11 is 6.01. The molecule has 2 aromatic carbocycles. The summed E-state index contributed by atoms with van der Waals surface area (Å²) in [4.78, 5) is 17.9. The molecule has 4 N–H and O–H groups in total. The summed E-state index contributed by atoms with van der Waals surface area (Å²) in [6.45, 7) is 0. The molecular formula is C17H12ClN3O2. The highest BCUT2D eigenvalue weighted by molar-refractivity contribution is 6.30. The maximum atomic E-state index is 12.1. The highest BCUT2D eigenvalue weighted by Crippen LogP contribution is 2.33. The lowest BCUT2D eigenvalue weighted by Crippen LogP contribution is -2.06. The molecule has 4 aromatic rings. The van der Waals surface area contributed by atoms with Gasteiger partial charge in [0.1, 0.15) is 11.3 Å². The summed E-state index contributed by atoms with van der Waals surface area (Å²) < 4.78 is 0. The van der Waals surface area contributed by atoms with Crippen molar-refractivity contribution >= 4 is 44.8 Å². The lowest BCUT2D eigenvalue weighted by atomic mass is 10.1. The van der Waals surface area contributed by atoms with Crippen molar-refractivity contribution < 1.29 is 5.11 Å². The fourth-order valence-electron chi connectivity index (χ4n) is 2.73. The molecule has 5 nitrogen and oxygen atoms in total. The average Bonchev–Trinajstić information content (AvgIpc) is 2.90. The molecule has 0 spiro atoms. The van der Waals surface area contributed by atoms with Crippen LogP contribution in [0.3, 0.4) is 0 Å². The minimum atomic E-state index is -0.215. The summed E-state index contributed by atoms with van der Waals surface area (Å²) in [7, 11) is 0. The Bertz CT molecular complexity index is 1100. The fourth-order valence-corrected chi connectivity index (χ4v) is 2.92. The first-order valence-electron chi connectivity index (χ1n) is 7.00. The van der Waals surface area contributed by atoms with Crippen LogP contribution in [0.2, 0.25) is 5.02 Å². The molecule has 23 heavy (non-hydrogen) atoms. The third-order valence-electron chi connectivity index (χ3n) is 3.73. The number of phenols is 1. The van der Waals surface area contributed by atoms with Gasteiger partial charge in [0.2, 0.25) is 0 Å². The van der Waals surface area contributed by atoms with E-state index in [1.54, 1.807) is 36.5 Å². The minimum absolute atomic E-state index is 0.146. The number of benzene rings is 2. The standard InChI is InChI=1S/C17H12ClN3O2/c18-9-2-1-3-10(6-9)20-14-8-19-17(23)16-15(14)12-7-11(22)4-5-13(12)21-16/h1-8,20-22H,(H,19,23). The van der Waals surface area contributed by atoms with Gasteiger partial charge in [-0.15, -0.1) is 0 Å². The van der Waals surface area contributed by atoms with Crippen LogP contribution in [0, 0.1) is 0 Å². The van der Waals surface area contributed by atoms with Gasteiger partial charge in [-0.05, 0) is 36.4 Å². The number of aromatic hydroxyl groups is 1. The maximum absolute atomic E-state index is 12.1. The normalized spacial score (nSPS) is 11.2. The van der Waals surface area contributed by atoms with Crippen LogP contribution in [0.1, 0.15) is 0 Å². The first-order chi connectivity index (χ1) is 11.1. The first-order valence-corrected chi connectivity index (χ1v) is 7.38. The van der Waals surface area contributed by atoms with Gasteiger partial charge in [0.25, 0.3) is 5.56 Å². The molecule has 114 valence electrons. The van der Waals surface area contributed by atoms with Crippen molar-refractivity contribution in [2.45, 2.75) is 0 Å². The molecule has 0 aliphatic heterocycles. The maximum Gasteiger partial charge on any atom is 0.272 e.